The van der Waals surface area contributed by atoms with Crippen molar-refractivity contribution in [3.05, 3.63) is 27.8 Å². The summed E-state index contributed by atoms with van der Waals surface area (Å²) in [6, 6.07) is 0. The maximum absolute atomic E-state index is 13.5. The third-order valence-electron chi connectivity index (χ3n) is 14.5. The SMILES string of the molecule is CCCCCCCC(CC)c1c(O)c(C(CC)CCCCCCC)c(C(CC)CCCCCCC)c(C(CC)CCCCCCC)c1C(CC)CCCCCCC. The maximum atomic E-state index is 13.5. The Morgan fingerprint density at radius 1 is 0.246 bits per heavy atom. The van der Waals surface area contributed by atoms with Crippen molar-refractivity contribution in [1.29, 1.82) is 0 Å². The van der Waals surface area contributed by atoms with Crippen LogP contribution in [-0.2, 0) is 0 Å². The van der Waals surface area contributed by atoms with E-state index < -0.39 is 0 Å². The molecule has 5 atom stereocenters. The molecular weight excluding hydrogens is 689 g/mol. The smallest absolute Gasteiger partial charge is 0.123 e. The molecule has 0 amide bonds. The van der Waals surface area contributed by atoms with Gasteiger partial charge in [-0.1, -0.05) is 230 Å². The van der Waals surface area contributed by atoms with Crippen molar-refractivity contribution in [3.63, 3.8) is 0 Å². The van der Waals surface area contributed by atoms with E-state index in [0.717, 1.165) is 18.6 Å². The highest BCUT2D eigenvalue weighted by atomic mass is 16.3. The summed E-state index contributed by atoms with van der Waals surface area (Å²) in [5.74, 6) is 3.42. The van der Waals surface area contributed by atoms with E-state index in [1.165, 1.54) is 223 Å². The number of hydrogen-bond acceptors (Lipinski definition) is 1. The van der Waals surface area contributed by atoms with Gasteiger partial charge in [-0.05, 0) is 110 Å². The van der Waals surface area contributed by atoms with E-state index in [4.69, 9.17) is 0 Å². The first-order chi connectivity index (χ1) is 27.9. The molecule has 5 unspecified atom stereocenters. The molecule has 0 saturated carbocycles. The summed E-state index contributed by atoms with van der Waals surface area (Å²) >= 11 is 0. The highest BCUT2D eigenvalue weighted by molar-refractivity contribution is 5.61. The Balaban J connectivity index is 4.34. The molecule has 0 aromatic heterocycles. The molecule has 0 saturated heterocycles. The third-order valence-corrected chi connectivity index (χ3v) is 14.5. The molecule has 0 radical (unpaired) electrons. The second-order valence-corrected chi connectivity index (χ2v) is 19.0. The Hall–Kier alpha value is -0.980. The van der Waals surface area contributed by atoms with Gasteiger partial charge in [0.2, 0.25) is 0 Å². The Morgan fingerprint density at radius 2 is 0.421 bits per heavy atom. The summed E-state index contributed by atoms with van der Waals surface area (Å²) in [6.07, 6.45) is 46.0. The van der Waals surface area contributed by atoms with Crippen molar-refractivity contribution in [2.24, 2.45) is 0 Å². The zero-order chi connectivity index (χ0) is 42.1. The lowest BCUT2D eigenvalue weighted by atomic mass is 9.67. The fourth-order valence-electron chi connectivity index (χ4n) is 10.7. The van der Waals surface area contributed by atoms with Crippen LogP contribution >= 0.6 is 0 Å². The molecule has 1 N–H and O–H groups in total. The Kier molecular flexibility index (Phi) is 33.9. The number of phenols is 1. The summed E-state index contributed by atoms with van der Waals surface area (Å²) in [5, 5.41) is 13.5. The standard InChI is InChI=1S/C56H106O/c1-11-21-26-31-36-41-46(16-6)51-52(47(17-7)42-37-32-27-22-12-2)54(49(19-9)44-39-34-29-24-14-4)56(57)55(50(20-10)45-40-35-30-25-15-5)53(51)48(18-8)43-38-33-28-23-13-3/h46-50,57H,11-45H2,1-10H3. The zero-order valence-electron chi connectivity index (χ0n) is 41.1. The molecular formula is C56H106O. The lowest BCUT2D eigenvalue weighted by molar-refractivity contribution is 0.411. The van der Waals surface area contributed by atoms with Gasteiger partial charge in [-0.25, -0.2) is 0 Å². The van der Waals surface area contributed by atoms with Crippen LogP contribution in [0.5, 0.6) is 5.75 Å². The minimum absolute atomic E-state index is 0.459. The first-order valence-corrected chi connectivity index (χ1v) is 26.8. The molecule has 57 heavy (non-hydrogen) atoms. The number of unbranched alkanes of at least 4 members (excludes halogenated alkanes) is 20. The van der Waals surface area contributed by atoms with Gasteiger partial charge in [-0.15, -0.1) is 0 Å². The zero-order valence-corrected chi connectivity index (χ0v) is 41.1. The van der Waals surface area contributed by atoms with Crippen molar-refractivity contribution in [2.45, 2.75) is 324 Å². The summed E-state index contributed by atoms with van der Waals surface area (Å²) in [6.45, 7) is 24.2. The van der Waals surface area contributed by atoms with Gasteiger partial charge in [-0.2, -0.15) is 0 Å². The first kappa shape index (κ1) is 54.0. The lowest BCUT2D eigenvalue weighted by Gasteiger charge is -2.38. The Labute approximate surface area is 360 Å². The fraction of sp³-hybridized carbons (Fsp3) is 0.893. The van der Waals surface area contributed by atoms with E-state index in [2.05, 4.69) is 69.2 Å². The third kappa shape index (κ3) is 20.0. The molecule has 1 nitrogen and oxygen atoms in total. The molecule has 0 fully saturated rings. The molecule has 1 heteroatoms. The van der Waals surface area contributed by atoms with Crippen LogP contribution in [0.4, 0.5) is 0 Å². The van der Waals surface area contributed by atoms with Crippen LogP contribution in [0.3, 0.4) is 0 Å². The van der Waals surface area contributed by atoms with E-state index in [9.17, 15) is 5.11 Å². The van der Waals surface area contributed by atoms with Gasteiger partial charge in [0.1, 0.15) is 5.75 Å². The second-order valence-electron chi connectivity index (χ2n) is 19.0. The van der Waals surface area contributed by atoms with Crippen molar-refractivity contribution in [3.8, 4) is 5.75 Å². The summed E-state index contributed by atoms with van der Waals surface area (Å²) in [4.78, 5) is 0. The van der Waals surface area contributed by atoms with E-state index >= 15 is 0 Å². The lowest BCUT2D eigenvalue weighted by Crippen LogP contribution is -2.21. The van der Waals surface area contributed by atoms with Crippen LogP contribution < -0.4 is 0 Å². The van der Waals surface area contributed by atoms with Gasteiger partial charge >= 0.3 is 0 Å². The molecule has 336 valence electrons. The average molecular weight is 795 g/mol. The minimum Gasteiger partial charge on any atom is -0.507 e. The van der Waals surface area contributed by atoms with Gasteiger partial charge in [0.05, 0.1) is 0 Å². The molecule has 0 aliphatic carbocycles. The summed E-state index contributed by atoms with van der Waals surface area (Å²) in [7, 11) is 0. The highest BCUT2D eigenvalue weighted by Crippen LogP contribution is 2.54. The van der Waals surface area contributed by atoms with Crippen LogP contribution in [0.1, 0.15) is 351 Å². The molecule has 0 bridgehead atoms. The van der Waals surface area contributed by atoms with E-state index in [1.807, 2.05) is 5.56 Å². The number of aromatic hydroxyl groups is 1. The predicted octanol–water partition coefficient (Wildman–Crippen LogP) is 20.7. The number of hydrogen-bond donors (Lipinski definition) is 1. The van der Waals surface area contributed by atoms with Gasteiger partial charge in [0.15, 0.2) is 0 Å². The van der Waals surface area contributed by atoms with Crippen LogP contribution in [0.25, 0.3) is 0 Å². The summed E-state index contributed by atoms with van der Waals surface area (Å²) in [5.41, 5.74) is 8.15. The van der Waals surface area contributed by atoms with Gasteiger partial charge in [0.25, 0.3) is 0 Å². The molecule has 0 spiro atoms. The number of rotatable bonds is 40. The van der Waals surface area contributed by atoms with E-state index in [1.54, 1.807) is 11.1 Å². The average Bonchev–Trinajstić information content (AvgIpc) is 3.22. The monoisotopic (exact) mass is 795 g/mol. The molecule has 0 aliphatic heterocycles. The van der Waals surface area contributed by atoms with Crippen LogP contribution in [-0.4, -0.2) is 5.11 Å². The quantitative estimate of drug-likeness (QED) is 0.0656. The molecule has 1 aromatic carbocycles. The van der Waals surface area contributed by atoms with E-state index in [0.29, 0.717) is 29.6 Å². The van der Waals surface area contributed by atoms with E-state index in [-0.39, 0.29) is 0 Å². The molecule has 0 aliphatic rings. The van der Waals surface area contributed by atoms with Crippen molar-refractivity contribution < 1.29 is 5.11 Å². The first-order valence-electron chi connectivity index (χ1n) is 26.8. The molecule has 1 aromatic rings. The minimum atomic E-state index is 0.459. The number of benzene rings is 1. The largest absolute Gasteiger partial charge is 0.507 e. The number of phenolic OH excluding ortho intramolecular Hbond substituents is 1. The van der Waals surface area contributed by atoms with Crippen molar-refractivity contribution >= 4 is 0 Å². The van der Waals surface area contributed by atoms with Crippen molar-refractivity contribution in [1.82, 2.24) is 0 Å². The van der Waals surface area contributed by atoms with Gasteiger partial charge in [0, 0.05) is 11.1 Å². The normalized spacial score (nSPS) is 14.6. The Morgan fingerprint density at radius 3 is 0.614 bits per heavy atom. The topological polar surface area (TPSA) is 20.2 Å². The molecule has 0 heterocycles. The van der Waals surface area contributed by atoms with Gasteiger partial charge < -0.3 is 5.11 Å². The molecule has 1 rings (SSSR count). The van der Waals surface area contributed by atoms with Gasteiger partial charge in [-0.3, -0.25) is 0 Å². The predicted molar refractivity (Wildman–Crippen MR) is 260 cm³/mol. The maximum Gasteiger partial charge on any atom is 0.123 e. The highest BCUT2D eigenvalue weighted by Gasteiger charge is 2.36. The Bertz CT molecular complexity index is 985. The summed E-state index contributed by atoms with van der Waals surface area (Å²) < 4.78 is 0. The van der Waals surface area contributed by atoms with Crippen LogP contribution in [0.2, 0.25) is 0 Å². The van der Waals surface area contributed by atoms with Crippen LogP contribution in [0, 0.1) is 0 Å². The second kappa shape index (κ2) is 35.7. The van der Waals surface area contributed by atoms with Crippen molar-refractivity contribution in [2.75, 3.05) is 0 Å². The fourth-order valence-corrected chi connectivity index (χ4v) is 10.7. The van der Waals surface area contributed by atoms with Crippen LogP contribution in [0.15, 0.2) is 0 Å².